The molecule has 0 N–H and O–H groups in total. The third-order valence-electron chi connectivity index (χ3n) is 3.76. The predicted octanol–water partition coefficient (Wildman–Crippen LogP) is 3.66. The van der Waals surface area contributed by atoms with Crippen LogP contribution in [0.1, 0.15) is 31.8 Å². The monoisotopic (exact) mass is 323 g/mol. The van der Waals surface area contributed by atoms with Crippen LogP contribution in [-0.2, 0) is 0 Å². The number of carbonyl (C=O) groups excluding carboxylic acids is 2. The number of hydrogen-bond donors (Lipinski definition) is 0. The minimum absolute atomic E-state index is 0.137. The molecule has 0 unspecified atom stereocenters. The maximum atomic E-state index is 13.9. The van der Waals surface area contributed by atoms with Crippen LogP contribution in [-0.4, -0.2) is 11.8 Å². The lowest BCUT2D eigenvalue weighted by Gasteiger charge is -2.19. The molecular weight excluding hydrogens is 314 g/mol. The molecule has 1 aliphatic rings. The number of rotatable bonds is 1. The fourth-order valence-electron chi connectivity index (χ4n) is 2.71. The lowest BCUT2D eigenvalue weighted by molar-refractivity contribution is 0.0923. The Morgan fingerprint density at radius 3 is 1.52 bits per heavy atom. The van der Waals surface area contributed by atoms with Gasteiger partial charge in [-0.05, 0) is 25.0 Å². The molecule has 2 aromatic rings. The van der Waals surface area contributed by atoms with Gasteiger partial charge in [0.2, 0.25) is 0 Å². The molecule has 3 nitrogen and oxygen atoms in total. The predicted molar refractivity (Wildman–Crippen MR) is 73.3 cm³/mol. The van der Waals surface area contributed by atoms with Crippen LogP contribution in [0.15, 0.2) is 18.2 Å². The van der Waals surface area contributed by atoms with Crippen molar-refractivity contribution in [1.82, 2.24) is 0 Å². The van der Waals surface area contributed by atoms with E-state index in [9.17, 15) is 27.2 Å². The molecule has 0 spiro atoms. The molecule has 0 fully saturated rings. The van der Waals surface area contributed by atoms with Gasteiger partial charge in [-0.3, -0.25) is 9.59 Å². The Kier molecular flexibility index (Phi) is 3.24. The third-order valence-corrected chi connectivity index (χ3v) is 3.76. The molecule has 0 aromatic heterocycles. The number of fused-ring (bicyclic) bond motifs is 1. The largest absolute Gasteiger partial charge is 0.269 e. The summed E-state index contributed by atoms with van der Waals surface area (Å²) in [7, 11) is 0. The Labute approximate surface area is 128 Å². The standard InChI is InChI=1S/C16H9F4NO2/c1-6-4-3-5-7(2)14(6)21-15(22)8-9(16(21)23)11(18)13(20)12(19)10(8)17/h3-5H,1-2H3. The van der Waals surface area contributed by atoms with Crippen LogP contribution >= 0.6 is 0 Å². The van der Waals surface area contributed by atoms with Gasteiger partial charge in [0.25, 0.3) is 11.8 Å². The molecule has 0 aliphatic carbocycles. The van der Waals surface area contributed by atoms with Crippen molar-refractivity contribution in [3.8, 4) is 0 Å². The van der Waals surface area contributed by atoms with E-state index in [2.05, 4.69) is 0 Å². The zero-order valence-corrected chi connectivity index (χ0v) is 12.0. The van der Waals surface area contributed by atoms with Crippen LogP contribution in [0.5, 0.6) is 0 Å². The fraction of sp³-hybridized carbons (Fsp3) is 0.125. The summed E-state index contributed by atoms with van der Waals surface area (Å²) in [5.41, 5.74) is -1.04. The molecule has 3 rings (SSSR count). The summed E-state index contributed by atoms with van der Waals surface area (Å²) in [5, 5.41) is 0. The van der Waals surface area contributed by atoms with Gasteiger partial charge >= 0.3 is 0 Å². The van der Waals surface area contributed by atoms with E-state index in [0.717, 1.165) is 0 Å². The number of imide groups is 1. The van der Waals surface area contributed by atoms with E-state index in [0.29, 0.717) is 16.0 Å². The summed E-state index contributed by atoms with van der Waals surface area (Å²) in [6, 6.07) is 4.87. The molecule has 0 atom stereocenters. The maximum absolute atomic E-state index is 13.9. The highest BCUT2D eigenvalue weighted by molar-refractivity contribution is 6.35. The first kappa shape index (κ1) is 15.2. The summed E-state index contributed by atoms with van der Waals surface area (Å²) < 4.78 is 54.5. The summed E-state index contributed by atoms with van der Waals surface area (Å²) in [6.07, 6.45) is 0. The van der Waals surface area contributed by atoms with Gasteiger partial charge < -0.3 is 0 Å². The number of para-hydroxylation sites is 1. The van der Waals surface area contributed by atoms with Gasteiger partial charge in [-0.25, -0.2) is 22.5 Å². The zero-order valence-electron chi connectivity index (χ0n) is 12.0. The van der Waals surface area contributed by atoms with Crippen molar-refractivity contribution in [2.45, 2.75) is 13.8 Å². The number of halogens is 4. The molecular formula is C16H9F4NO2. The first-order valence-electron chi connectivity index (χ1n) is 6.58. The van der Waals surface area contributed by atoms with Gasteiger partial charge in [0.05, 0.1) is 16.8 Å². The second-order valence-electron chi connectivity index (χ2n) is 5.19. The summed E-state index contributed by atoms with van der Waals surface area (Å²) in [4.78, 5) is 25.3. The number of anilines is 1. The number of hydrogen-bond acceptors (Lipinski definition) is 2. The van der Waals surface area contributed by atoms with Crippen LogP contribution in [0, 0.1) is 37.1 Å². The zero-order chi connectivity index (χ0) is 17.0. The van der Waals surface area contributed by atoms with E-state index in [1.54, 1.807) is 32.0 Å². The molecule has 0 radical (unpaired) electrons. The molecule has 7 heteroatoms. The Hall–Kier alpha value is -2.70. The molecule has 1 heterocycles. The number of carbonyl (C=O) groups is 2. The highest BCUT2D eigenvalue weighted by Gasteiger charge is 2.45. The SMILES string of the molecule is Cc1cccc(C)c1N1C(=O)c2c(F)c(F)c(F)c(F)c2C1=O. The fourth-order valence-corrected chi connectivity index (χ4v) is 2.71. The Morgan fingerprint density at radius 2 is 1.13 bits per heavy atom. The molecule has 1 aliphatic heterocycles. The highest BCUT2D eigenvalue weighted by Crippen LogP contribution is 2.36. The summed E-state index contributed by atoms with van der Waals surface area (Å²) in [6.45, 7) is 3.19. The lowest BCUT2D eigenvalue weighted by atomic mass is 10.1. The van der Waals surface area contributed by atoms with E-state index < -0.39 is 46.2 Å². The maximum Gasteiger partial charge on any atom is 0.269 e. The van der Waals surface area contributed by atoms with Gasteiger partial charge in [-0.15, -0.1) is 0 Å². The van der Waals surface area contributed by atoms with E-state index in [4.69, 9.17) is 0 Å². The van der Waals surface area contributed by atoms with Gasteiger partial charge in [0.1, 0.15) is 0 Å². The van der Waals surface area contributed by atoms with Crippen LogP contribution < -0.4 is 4.90 Å². The molecule has 2 aromatic carbocycles. The summed E-state index contributed by atoms with van der Waals surface area (Å²) in [5.74, 6) is -10.4. The quantitative estimate of drug-likeness (QED) is 0.348. The molecule has 23 heavy (non-hydrogen) atoms. The van der Waals surface area contributed by atoms with Crippen molar-refractivity contribution < 1.29 is 27.2 Å². The van der Waals surface area contributed by atoms with Gasteiger partial charge in [0, 0.05) is 0 Å². The molecule has 0 bridgehead atoms. The minimum atomic E-state index is -2.12. The first-order valence-corrected chi connectivity index (χ1v) is 6.58. The van der Waals surface area contributed by atoms with Crippen LogP contribution in [0.25, 0.3) is 0 Å². The van der Waals surface area contributed by atoms with Gasteiger partial charge in [0.15, 0.2) is 23.3 Å². The van der Waals surface area contributed by atoms with Crippen molar-refractivity contribution in [2.24, 2.45) is 0 Å². The van der Waals surface area contributed by atoms with Crippen molar-refractivity contribution in [3.05, 3.63) is 63.7 Å². The van der Waals surface area contributed by atoms with Gasteiger partial charge in [-0.1, -0.05) is 18.2 Å². The highest BCUT2D eigenvalue weighted by atomic mass is 19.2. The lowest BCUT2D eigenvalue weighted by Crippen LogP contribution is -2.31. The topological polar surface area (TPSA) is 37.4 Å². The second kappa shape index (κ2) is 4.91. The first-order chi connectivity index (χ1) is 10.8. The third kappa shape index (κ3) is 1.89. The van der Waals surface area contributed by atoms with Crippen molar-refractivity contribution in [2.75, 3.05) is 4.90 Å². The van der Waals surface area contributed by atoms with Crippen molar-refractivity contribution >= 4 is 17.5 Å². The summed E-state index contributed by atoms with van der Waals surface area (Å²) >= 11 is 0. The molecule has 0 saturated heterocycles. The van der Waals surface area contributed by atoms with Crippen LogP contribution in [0.2, 0.25) is 0 Å². The van der Waals surface area contributed by atoms with Gasteiger partial charge in [-0.2, -0.15) is 0 Å². The number of amides is 2. The Morgan fingerprint density at radius 1 is 0.739 bits per heavy atom. The second-order valence-corrected chi connectivity index (χ2v) is 5.19. The van der Waals surface area contributed by atoms with Crippen LogP contribution in [0.4, 0.5) is 23.2 Å². The van der Waals surface area contributed by atoms with Crippen LogP contribution in [0.3, 0.4) is 0 Å². The number of nitrogens with zero attached hydrogens (tertiary/aromatic N) is 1. The van der Waals surface area contributed by atoms with E-state index in [-0.39, 0.29) is 5.69 Å². The number of aryl methyl sites for hydroxylation is 2. The minimum Gasteiger partial charge on any atom is -0.268 e. The van der Waals surface area contributed by atoms with E-state index in [1.807, 2.05) is 0 Å². The molecule has 118 valence electrons. The molecule has 0 saturated carbocycles. The van der Waals surface area contributed by atoms with E-state index >= 15 is 0 Å². The van der Waals surface area contributed by atoms with Crippen molar-refractivity contribution in [1.29, 1.82) is 0 Å². The smallest absolute Gasteiger partial charge is 0.268 e. The normalized spacial score (nSPS) is 13.7. The Bertz CT molecular complexity index is 825. The average molecular weight is 323 g/mol. The van der Waals surface area contributed by atoms with E-state index in [1.165, 1.54) is 0 Å². The molecule has 2 amide bonds. The van der Waals surface area contributed by atoms with Crippen molar-refractivity contribution in [3.63, 3.8) is 0 Å². The average Bonchev–Trinajstić information content (AvgIpc) is 2.75. The number of benzene rings is 2. The Balaban J connectivity index is 2.31.